The first-order chi connectivity index (χ1) is 29.7. The Morgan fingerprint density at radius 2 is 0.902 bits per heavy atom. The lowest BCUT2D eigenvalue weighted by Crippen LogP contribution is -2.34. The minimum Gasteiger partial charge on any atom is -0.480 e. The van der Waals surface area contributed by atoms with Gasteiger partial charge in [0.25, 0.3) is 0 Å². The van der Waals surface area contributed by atoms with E-state index in [4.69, 9.17) is 29.4 Å². The number of allylic oxidation sites excluding steroid dienone is 14. The average Bonchev–Trinajstić information content (AvgIpc) is 3.24. The molecular formula is C50H86NO9P. The van der Waals surface area contributed by atoms with Gasteiger partial charge in [-0.2, -0.15) is 0 Å². The maximum absolute atomic E-state index is 12.7. The summed E-state index contributed by atoms with van der Waals surface area (Å²) in [5.74, 6) is -1.79. The summed E-state index contributed by atoms with van der Waals surface area (Å²) in [5.41, 5.74) is 5.37. The lowest BCUT2D eigenvalue weighted by atomic mass is 10.1. The monoisotopic (exact) mass is 876 g/mol. The van der Waals surface area contributed by atoms with Crippen molar-refractivity contribution in [1.29, 1.82) is 0 Å². The van der Waals surface area contributed by atoms with Gasteiger partial charge in [-0.3, -0.25) is 18.6 Å². The second-order valence-electron chi connectivity index (χ2n) is 15.5. The third-order valence-electron chi connectivity index (χ3n) is 9.67. The molecule has 0 heterocycles. The SMILES string of the molecule is CC/C=C\C/C=C\C/C=C\C/C=C\CCCCCCCCCCC(=O)OC(COCCCCCCCCCC/C=C\C/C=C\C/C=C\CC)COP(=O)(O)OCC(N)C(=O)O. The molecule has 4 N–H and O–H groups in total. The maximum atomic E-state index is 12.7. The molecule has 61 heavy (non-hydrogen) atoms. The number of carboxylic acid groups (broad SMARTS) is 1. The lowest BCUT2D eigenvalue weighted by Gasteiger charge is -2.20. The Hall–Kier alpha value is -2.85. The normalized spacial score (nSPS) is 14.6. The number of unbranched alkanes of at least 4 members (excludes halogenated alkanes) is 16. The Labute approximate surface area is 371 Å². The highest BCUT2D eigenvalue weighted by Gasteiger charge is 2.27. The van der Waals surface area contributed by atoms with Crippen LogP contribution in [0, 0.1) is 0 Å². The van der Waals surface area contributed by atoms with Gasteiger partial charge in [0.2, 0.25) is 0 Å². The summed E-state index contributed by atoms with van der Waals surface area (Å²) in [6.07, 6.45) is 57.7. The molecule has 0 aliphatic rings. The average molecular weight is 876 g/mol. The van der Waals surface area contributed by atoms with Gasteiger partial charge in [0.15, 0.2) is 0 Å². The number of hydrogen-bond acceptors (Lipinski definition) is 8. The zero-order chi connectivity index (χ0) is 44.8. The first kappa shape index (κ1) is 58.1. The van der Waals surface area contributed by atoms with E-state index in [2.05, 4.69) is 98.9 Å². The van der Waals surface area contributed by atoms with Crippen LogP contribution in [0.25, 0.3) is 0 Å². The molecule has 0 bridgehead atoms. The van der Waals surface area contributed by atoms with Crippen LogP contribution in [-0.2, 0) is 32.7 Å². The Balaban J connectivity index is 4.23. The highest BCUT2D eigenvalue weighted by molar-refractivity contribution is 7.47. The molecule has 3 atom stereocenters. The van der Waals surface area contributed by atoms with E-state index >= 15 is 0 Å². The number of rotatable bonds is 44. The zero-order valence-electron chi connectivity index (χ0n) is 38.2. The van der Waals surface area contributed by atoms with Gasteiger partial charge in [-0.25, -0.2) is 4.57 Å². The quantitative estimate of drug-likeness (QED) is 0.0233. The van der Waals surface area contributed by atoms with Gasteiger partial charge < -0.3 is 25.2 Å². The van der Waals surface area contributed by atoms with Crippen LogP contribution >= 0.6 is 7.82 Å². The van der Waals surface area contributed by atoms with Gasteiger partial charge >= 0.3 is 19.8 Å². The number of esters is 1. The molecule has 0 radical (unpaired) electrons. The van der Waals surface area contributed by atoms with E-state index in [0.717, 1.165) is 96.3 Å². The third-order valence-corrected chi connectivity index (χ3v) is 10.6. The van der Waals surface area contributed by atoms with Crippen molar-refractivity contribution in [2.75, 3.05) is 26.4 Å². The van der Waals surface area contributed by atoms with Crippen molar-refractivity contribution in [2.45, 2.75) is 193 Å². The fraction of sp³-hybridized carbons (Fsp3) is 0.680. The molecule has 0 aromatic rings. The molecule has 0 saturated carbocycles. The number of carbonyl (C=O) groups excluding carboxylic acids is 1. The van der Waals surface area contributed by atoms with Crippen LogP contribution in [0.5, 0.6) is 0 Å². The fourth-order valence-corrected chi connectivity index (χ4v) is 6.86. The van der Waals surface area contributed by atoms with E-state index in [1.165, 1.54) is 57.8 Å². The predicted molar refractivity (Wildman–Crippen MR) is 253 cm³/mol. The molecule has 0 aromatic heterocycles. The molecular weight excluding hydrogens is 790 g/mol. The van der Waals surface area contributed by atoms with Gasteiger partial charge in [0, 0.05) is 13.0 Å². The number of ether oxygens (including phenoxy) is 2. The number of hydrogen-bond donors (Lipinski definition) is 3. The molecule has 0 aliphatic heterocycles. The molecule has 350 valence electrons. The Morgan fingerprint density at radius 1 is 0.525 bits per heavy atom. The topological polar surface area (TPSA) is 155 Å². The maximum Gasteiger partial charge on any atom is 0.472 e. The second kappa shape index (κ2) is 45.2. The molecule has 0 aromatic carbocycles. The van der Waals surface area contributed by atoms with Crippen LogP contribution in [0.1, 0.15) is 181 Å². The van der Waals surface area contributed by atoms with Gasteiger partial charge in [0.1, 0.15) is 12.1 Å². The van der Waals surface area contributed by atoms with E-state index in [-0.39, 0.29) is 13.0 Å². The Bertz CT molecular complexity index is 1290. The number of phosphoric acid groups is 1. The van der Waals surface area contributed by atoms with Crippen LogP contribution in [0.4, 0.5) is 0 Å². The number of carbonyl (C=O) groups is 2. The van der Waals surface area contributed by atoms with Crippen molar-refractivity contribution >= 4 is 19.8 Å². The van der Waals surface area contributed by atoms with Gasteiger partial charge in [-0.15, -0.1) is 0 Å². The smallest absolute Gasteiger partial charge is 0.472 e. The summed E-state index contributed by atoms with van der Waals surface area (Å²) in [6, 6.07) is -1.48. The standard InChI is InChI=1S/C50H86NO9P/c1-3-5-7-9-11-13-15-17-19-21-23-24-25-26-28-30-32-34-36-38-40-42-49(52)60-47(45-58-61(55,56)59-46-48(51)50(53)54)44-57-43-41-39-37-35-33-31-29-27-22-20-18-16-14-12-10-8-6-4-2/h5-8,11-14,17-20,23-24,47-48H,3-4,9-10,15-16,21-22,25-46,51H2,1-2H3,(H,53,54)(H,55,56)/b7-5-,8-6-,13-11-,14-12-,19-17-,20-18-,24-23-. The Kier molecular flexibility index (Phi) is 43.1. The molecule has 10 nitrogen and oxygen atoms in total. The lowest BCUT2D eigenvalue weighted by molar-refractivity contribution is -0.154. The minimum atomic E-state index is -4.63. The summed E-state index contributed by atoms with van der Waals surface area (Å²) < 4.78 is 33.4. The third kappa shape index (κ3) is 45.0. The summed E-state index contributed by atoms with van der Waals surface area (Å²) >= 11 is 0. The molecule has 0 fully saturated rings. The van der Waals surface area contributed by atoms with E-state index in [9.17, 15) is 19.0 Å². The zero-order valence-corrected chi connectivity index (χ0v) is 39.1. The van der Waals surface area contributed by atoms with Crippen molar-refractivity contribution in [3.05, 3.63) is 85.1 Å². The van der Waals surface area contributed by atoms with Gasteiger partial charge in [-0.1, -0.05) is 176 Å². The van der Waals surface area contributed by atoms with Crippen molar-refractivity contribution in [2.24, 2.45) is 5.73 Å². The fourth-order valence-electron chi connectivity index (χ4n) is 6.08. The molecule has 0 saturated heterocycles. The molecule has 0 spiro atoms. The van der Waals surface area contributed by atoms with Crippen molar-refractivity contribution in [3.8, 4) is 0 Å². The number of carboxylic acids is 1. The molecule has 0 rings (SSSR count). The van der Waals surface area contributed by atoms with Crippen LogP contribution in [0.15, 0.2) is 85.1 Å². The van der Waals surface area contributed by atoms with Crippen molar-refractivity contribution < 1.29 is 42.7 Å². The predicted octanol–water partition coefficient (Wildman–Crippen LogP) is 13.5. The van der Waals surface area contributed by atoms with Crippen LogP contribution in [0.2, 0.25) is 0 Å². The second-order valence-corrected chi connectivity index (χ2v) is 16.9. The molecule has 11 heteroatoms. The number of nitrogens with two attached hydrogens (primary N) is 1. The van der Waals surface area contributed by atoms with Crippen molar-refractivity contribution in [3.63, 3.8) is 0 Å². The van der Waals surface area contributed by atoms with Gasteiger partial charge in [0.05, 0.1) is 19.8 Å². The molecule has 3 unspecified atom stereocenters. The van der Waals surface area contributed by atoms with Crippen LogP contribution < -0.4 is 5.73 Å². The number of aliphatic carboxylic acids is 1. The number of phosphoric ester groups is 1. The van der Waals surface area contributed by atoms with Crippen molar-refractivity contribution in [1.82, 2.24) is 0 Å². The van der Waals surface area contributed by atoms with E-state index < -0.39 is 45.1 Å². The Morgan fingerprint density at radius 3 is 1.34 bits per heavy atom. The highest BCUT2D eigenvalue weighted by atomic mass is 31.2. The summed E-state index contributed by atoms with van der Waals surface area (Å²) in [6.45, 7) is 3.63. The van der Waals surface area contributed by atoms with E-state index in [1.807, 2.05) is 0 Å². The summed E-state index contributed by atoms with van der Waals surface area (Å²) in [7, 11) is -4.63. The molecule has 0 aliphatic carbocycles. The largest absolute Gasteiger partial charge is 0.480 e. The van der Waals surface area contributed by atoms with E-state index in [1.54, 1.807) is 0 Å². The molecule has 0 amide bonds. The minimum absolute atomic E-state index is 0.00367. The summed E-state index contributed by atoms with van der Waals surface area (Å²) in [4.78, 5) is 33.6. The van der Waals surface area contributed by atoms with Crippen LogP contribution in [-0.4, -0.2) is 60.5 Å². The highest BCUT2D eigenvalue weighted by Crippen LogP contribution is 2.43. The summed E-state index contributed by atoms with van der Waals surface area (Å²) in [5, 5.41) is 8.92. The van der Waals surface area contributed by atoms with E-state index in [0.29, 0.717) is 13.0 Å². The first-order valence-electron chi connectivity index (χ1n) is 23.6. The van der Waals surface area contributed by atoms with Crippen LogP contribution in [0.3, 0.4) is 0 Å². The first-order valence-corrected chi connectivity index (χ1v) is 25.1. The van der Waals surface area contributed by atoms with Gasteiger partial charge in [-0.05, 0) is 83.5 Å².